The molecule has 2 saturated heterocycles. The van der Waals surface area contributed by atoms with Crippen LogP contribution in [-0.2, 0) is 18.9 Å². The highest BCUT2D eigenvalue weighted by molar-refractivity contribution is 6.62. The van der Waals surface area contributed by atoms with Crippen molar-refractivity contribution in [2.75, 3.05) is 31.1 Å². The Morgan fingerprint density at radius 2 is 1.66 bits per heavy atom. The Kier molecular flexibility index (Phi) is 5.86. The third-order valence-electron chi connectivity index (χ3n) is 5.45. The summed E-state index contributed by atoms with van der Waals surface area (Å²) in [6.45, 7) is 16.1. The molecule has 0 radical (unpaired) electrons. The van der Waals surface area contributed by atoms with Gasteiger partial charge < -0.3 is 23.8 Å². The highest BCUT2D eigenvalue weighted by atomic mass is 16.8. The maximum atomic E-state index is 11.8. The number of rotatable bonds is 3. The van der Waals surface area contributed by atoms with E-state index in [9.17, 15) is 4.79 Å². The zero-order chi connectivity index (χ0) is 21.4. The smallest absolute Gasteiger partial charge is 0.427 e. The molecule has 0 saturated carbocycles. The number of nitrogens with zero attached hydrogens (tertiary/aromatic N) is 3. The van der Waals surface area contributed by atoms with Gasteiger partial charge in [-0.1, -0.05) is 6.07 Å². The van der Waals surface area contributed by atoms with E-state index in [1.807, 2.05) is 60.6 Å². The van der Waals surface area contributed by atoms with Gasteiger partial charge in [0.25, 0.3) is 0 Å². The quantitative estimate of drug-likeness (QED) is 0.561. The van der Waals surface area contributed by atoms with E-state index in [1.54, 1.807) is 11.3 Å². The van der Waals surface area contributed by atoms with Gasteiger partial charge in [-0.2, -0.15) is 0 Å². The topological polar surface area (TPSA) is 73.4 Å². The van der Waals surface area contributed by atoms with E-state index in [2.05, 4.69) is 9.88 Å². The summed E-state index contributed by atoms with van der Waals surface area (Å²) in [4.78, 5) is 23.8. The molecule has 0 amide bonds. The fourth-order valence-corrected chi connectivity index (χ4v) is 3.09. The van der Waals surface area contributed by atoms with Crippen molar-refractivity contribution < 1.29 is 23.7 Å². The van der Waals surface area contributed by atoms with Crippen LogP contribution in [0.1, 0.15) is 48.5 Å². The average molecular weight is 405 g/mol. The van der Waals surface area contributed by atoms with Crippen molar-refractivity contribution in [3.05, 3.63) is 18.3 Å². The van der Waals surface area contributed by atoms with Crippen molar-refractivity contribution in [3.8, 4) is 0 Å². The van der Waals surface area contributed by atoms with Gasteiger partial charge in [-0.05, 0) is 54.5 Å². The predicted octanol–water partition coefficient (Wildman–Crippen LogP) is 2.37. The van der Waals surface area contributed by atoms with Crippen LogP contribution < -0.4 is 10.4 Å². The molecule has 0 N–H and O–H groups in total. The summed E-state index contributed by atoms with van der Waals surface area (Å²) >= 11 is 0. The van der Waals surface area contributed by atoms with Gasteiger partial charge in [-0.25, -0.2) is 9.78 Å². The first-order valence-electron chi connectivity index (χ1n) is 10.1. The van der Waals surface area contributed by atoms with E-state index >= 15 is 0 Å². The zero-order valence-electron chi connectivity index (χ0n) is 18.5. The first-order chi connectivity index (χ1) is 13.4. The van der Waals surface area contributed by atoms with Crippen LogP contribution in [0.5, 0.6) is 0 Å². The Bertz CT molecular complexity index is 709. The number of hydrogen-bond donors (Lipinski definition) is 0. The van der Waals surface area contributed by atoms with Crippen LogP contribution in [0.2, 0.25) is 0 Å². The van der Waals surface area contributed by atoms with Crippen molar-refractivity contribution in [1.29, 1.82) is 0 Å². The van der Waals surface area contributed by atoms with Gasteiger partial charge in [0, 0.05) is 24.7 Å². The normalized spacial score (nSPS) is 21.9. The number of hydroxylamine groups is 2. The summed E-state index contributed by atoms with van der Waals surface area (Å²) in [5, 5.41) is 1.63. The standard InChI is InChI=1S/C20H32BN3O5/c1-18(2,3)26-17(25)27-24-12-10-23(11-13-24)16-9-8-15(14-22-16)21-28-19(4,5)20(6,7)29-21/h8-9,14H,10-13H2,1-7H3. The number of hydrogen-bond acceptors (Lipinski definition) is 8. The Morgan fingerprint density at radius 1 is 1.07 bits per heavy atom. The summed E-state index contributed by atoms with van der Waals surface area (Å²) in [5.74, 6) is 0.877. The van der Waals surface area contributed by atoms with E-state index < -0.39 is 18.9 Å². The van der Waals surface area contributed by atoms with Gasteiger partial charge >= 0.3 is 13.3 Å². The minimum atomic E-state index is -0.671. The molecule has 0 spiro atoms. The van der Waals surface area contributed by atoms with Crippen LogP contribution in [0.15, 0.2) is 18.3 Å². The summed E-state index contributed by atoms with van der Waals surface area (Å²) in [7, 11) is -0.416. The monoisotopic (exact) mass is 405 g/mol. The van der Waals surface area contributed by atoms with E-state index in [-0.39, 0.29) is 11.2 Å². The average Bonchev–Trinajstić information content (AvgIpc) is 2.82. The summed E-state index contributed by atoms with van der Waals surface area (Å²) in [5.41, 5.74) is -0.414. The van der Waals surface area contributed by atoms with E-state index in [4.69, 9.17) is 18.9 Å². The SMILES string of the molecule is CC(C)(C)OC(=O)ON1CCN(c2ccc(B3OC(C)(C)C(C)(C)O3)cn2)CC1. The minimum Gasteiger partial charge on any atom is -0.427 e. The van der Waals surface area contributed by atoms with Crippen molar-refractivity contribution in [3.63, 3.8) is 0 Å². The second-order valence-electron chi connectivity index (χ2n) is 9.51. The number of aromatic nitrogens is 1. The zero-order valence-corrected chi connectivity index (χ0v) is 18.5. The van der Waals surface area contributed by atoms with E-state index in [0.29, 0.717) is 26.2 Å². The molecule has 1 aromatic heterocycles. The molecule has 2 fully saturated rings. The minimum absolute atomic E-state index is 0.374. The van der Waals surface area contributed by atoms with Crippen LogP contribution in [0.4, 0.5) is 10.6 Å². The molecule has 0 bridgehead atoms. The van der Waals surface area contributed by atoms with E-state index in [1.165, 1.54) is 0 Å². The largest absolute Gasteiger partial charge is 0.528 e. The second kappa shape index (κ2) is 7.77. The fourth-order valence-electron chi connectivity index (χ4n) is 3.09. The number of carbonyl (C=O) groups excluding carboxylic acids is 1. The van der Waals surface area contributed by atoms with Crippen molar-refractivity contribution in [2.24, 2.45) is 0 Å². The van der Waals surface area contributed by atoms with Crippen molar-refractivity contribution in [1.82, 2.24) is 10.0 Å². The lowest BCUT2D eigenvalue weighted by Crippen LogP contribution is -2.48. The molecule has 3 rings (SSSR count). The molecule has 2 aliphatic heterocycles. The molecule has 29 heavy (non-hydrogen) atoms. The molecule has 0 atom stereocenters. The Hall–Kier alpha value is -1.84. The van der Waals surface area contributed by atoms with Crippen LogP contribution >= 0.6 is 0 Å². The molecule has 1 aromatic rings. The second-order valence-corrected chi connectivity index (χ2v) is 9.51. The van der Waals surface area contributed by atoms with Crippen LogP contribution in [0.3, 0.4) is 0 Å². The predicted molar refractivity (Wildman–Crippen MR) is 111 cm³/mol. The number of anilines is 1. The number of carbonyl (C=O) groups is 1. The first kappa shape index (κ1) is 21.9. The molecular formula is C20H32BN3O5. The molecule has 0 unspecified atom stereocenters. The molecule has 2 aliphatic rings. The number of piperazine rings is 1. The lowest BCUT2D eigenvalue weighted by molar-refractivity contribution is -0.144. The van der Waals surface area contributed by atoms with Crippen LogP contribution in [-0.4, -0.2) is 66.3 Å². The summed E-state index contributed by atoms with van der Waals surface area (Å²) in [6.07, 6.45) is 1.14. The Labute approximate surface area is 173 Å². The van der Waals surface area contributed by atoms with Gasteiger partial charge in [0.05, 0.1) is 24.3 Å². The van der Waals surface area contributed by atoms with Gasteiger partial charge in [0.15, 0.2) is 0 Å². The highest BCUT2D eigenvalue weighted by Gasteiger charge is 2.51. The molecule has 0 aromatic carbocycles. The van der Waals surface area contributed by atoms with Crippen LogP contribution in [0.25, 0.3) is 0 Å². The number of ether oxygens (including phenoxy) is 1. The summed E-state index contributed by atoms with van der Waals surface area (Å²) in [6, 6.07) is 3.97. The molecular weight excluding hydrogens is 373 g/mol. The molecule has 0 aliphatic carbocycles. The summed E-state index contributed by atoms with van der Waals surface area (Å²) < 4.78 is 17.3. The third kappa shape index (κ3) is 5.21. The maximum Gasteiger partial charge on any atom is 0.528 e. The van der Waals surface area contributed by atoms with Gasteiger partial charge in [-0.15, -0.1) is 5.06 Å². The Balaban J connectivity index is 1.53. The lowest BCUT2D eigenvalue weighted by atomic mass is 9.80. The lowest BCUT2D eigenvalue weighted by Gasteiger charge is -2.34. The molecule has 8 nitrogen and oxygen atoms in total. The van der Waals surface area contributed by atoms with Crippen molar-refractivity contribution in [2.45, 2.75) is 65.3 Å². The molecule has 9 heteroatoms. The van der Waals surface area contributed by atoms with E-state index in [0.717, 1.165) is 11.3 Å². The molecule has 160 valence electrons. The third-order valence-corrected chi connectivity index (χ3v) is 5.45. The van der Waals surface area contributed by atoms with Gasteiger partial charge in [0.2, 0.25) is 0 Å². The van der Waals surface area contributed by atoms with Crippen molar-refractivity contribution >= 4 is 24.6 Å². The van der Waals surface area contributed by atoms with Crippen LogP contribution in [0, 0.1) is 0 Å². The fraction of sp³-hybridized carbons (Fsp3) is 0.700. The number of pyridine rings is 1. The Morgan fingerprint density at radius 3 is 2.14 bits per heavy atom. The molecule has 3 heterocycles. The highest BCUT2D eigenvalue weighted by Crippen LogP contribution is 2.36. The van der Waals surface area contributed by atoms with Gasteiger partial charge in [0.1, 0.15) is 11.4 Å². The first-order valence-corrected chi connectivity index (χ1v) is 10.1. The maximum absolute atomic E-state index is 11.8. The van der Waals surface area contributed by atoms with Gasteiger partial charge in [-0.3, -0.25) is 0 Å².